The van der Waals surface area contributed by atoms with Crippen molar-refractivity contribution < 1.29 is 19.1 Å². The number of nitrogens with zero attached hydrogens (tertiary/aromatic N) is 1. The third kappa shape index (κ3) is 2.65. The summed E-state index contributed by atoms with van der Waals surface area (Å²) in [5.74, 6) is -1.63. The fourth-order valence-electron chi connectivity index (χ4n) is 3.84. The number of amides is 1. The van der Waals surface area contributed by atoms with E-state index in [-0.39, 0.29) is 29.4 Å². The number of hydrogen-bond acceptors (Lipinski definition) is 6. The molecule has 1 amide bonds. The van der Waals surface area contributed by atoms with E-state index in [4.69, 9.17) is 26.8 Å². The van der Waals surface area contributed by atoms with Crippen LogP contribution >= 0.6 is 11.6 Å². The van der Waals surface area contributed by atoms with Gasteiger partial charge >= 0.3 is 5.97 Å². The number of fused-ring (bicyclic) bond motifs is 2. The molecule has 3 N–H and O–H groups in total. The quantitative estimate of drug-likeness (QED) is 0.735. The molecule has 1 spiro atoms. The number of nitrogens with one attached hydrogen (secondary N) is 1. The lowest BCUT2D eigenvalue weighted by Crippen LogP contribution is -2.45. The van der Waals surface area contributed by atoms with Crippen LogP contribution < -0.4 is 11.1 Å². The van der Waals surface area contributed by atoms with Gasteiger partial charge in [0.25, 0.3) is 0 Å². The molecule has 2 aromatic carbocycles. The number of hydrogen-bond donors (Lipinski definition) is 2. The summed E-state index contributed by atoms with van der Waals surface area (Å²) in [4.78, 5) is 26.6. The SMILES string of the molecule is CCOC(=O)C1=C(c2ccccc2)OC(N)=C(C#N)[C@@]12C(=O)Nc1ccc(Cl)cc12. The fourth-order valence-corrected chi connectivity index (χ4v) is 4.02. The van der Waals surface area contributed by atoms with Gasteiger partial charge in [-0.1, -0.05) is 41.9 Å². The van der Waals surface area contributed by atoms with Crippen LogP contribution in [0.5, 0.6) is 0 Å². The first kappa shape index (κ1) is 19.6. The molecular formula is C22H16ClN3O4. The first-order chi connectivity index (χ1) is 14.4. The lowest BCUT2D eigenvalue weighted by molar-refractivity contribution is -0.140. The molecule has 4 rings (SSSR count). The molecule has 0 fully saturated rings. The Bertz CT molecular complexity index is 1180. The van der Waals surface area contributed by atoms with Crippen LogP contribution in [0.25, 0.3) is 5.76 Å². The van der Waals surface area contributed by atoms with E-state index in [0.717, 1.165) is 0 Å². The molecule has 0 aromatic heterocycles. The summed E-state index contributed by atoms with van der Waals surface area (Å²) in [5, 5.41) is 13.0. The molecule has 1 atom stereocenters. The molecule has 8 heteroatoms. The van der Waals surface area contributed by atoms with Gasteiger partial charge < -0.3 is 20.5 Å². The van der Waals surface area contributed by atoms with Crippen LogP contribution in [0.4, 0.5) is 5.69 Å². The van der Waals surface area contributed by atoms with Crippen molar-refractivity contribution in [3.05, 3.63) is 81.7 Å². The van der Waals surface area contributed by atoms with Crippen LogP contribution in [0.1, 0.15) is 18.1 Å². The van der Waals surface area contributed by atoms with Crippen LogP contribution in [0.3, 0.4) is 0 Å². The largest absolute Gasteiger partial charge is 0.462 e. The maximum atomic E-state index is 13.4. The first-order valence-corrected chi connectivity index (χ1v) is 9.49. The van der Waals surface area contributed by atoms with Crippen molar-refractivity contribution in [2.45, 2.75) is 12.3 Å². The highest BCUT2D eigenvalue weighted by molar-refractivity contribution is 6.31. The maximum absolute atomic E-state index is 13.4. The van der Waals surface area contributed by atoms with Gasteiger partial charge in [0.1, 0.15) is 23.0 Å². The standard InChI is InChI=1S/C22H16ClN3O4/c1-2-29-20(27)17-18(12-6-4-3-5-7-12)30-19(25)15(11-24)22(17)14-10-13(23)8-9-16(14)26-21(22)28/h3-10H,2,25H2,1H3,(H,26,28)/t22-/m1/s1. The topological polar surface area (TPSA) is 114 Å². The highest BCUT2D eigenvalue weighted by Crippen LogP contribution is 2.53. The molecule has 2 aliphatic heterocycles. The van der Waals surface area contributed by atoms with Gasteiger partial charge in [-0.2, -0.15) is 5.26 Å². The summed E-state index contributed by atoms with van der Waals surface area (Å²) in [7, 11) is 0. The summed E-state index contributed by atoms with van der Waals surface area (Å²) < 4.78 is 11.0. The number of ether oxygens (including phenoxy) is 2. The summed E-state index contributed by atoms with van der Waals surface area (Å²) in [6, 6.07) is 15.4. The average molecular weight is 422 g/mol. The van der Waals surface area contributed by atoms with Gasteiger partial charge in [0.2, 0.25) is 11.8 Å². The second-order valence-corrected chi connectivity index (χ2v) is 7.07. The van der Waals surface area contributed by atoms with Crippen molar-refractivity contribution in [3.63, 3.8) is 0 Å². The van der Waals surface area contributed by atoms with Crippen LogP contribution in [-0.4, -0.2) is 18.5 Å². The van der Waals surface area contributed by atoms with E-state index in [1.807, 2.05) is 6.07 Å². The highest BCUT2D eigenvalue weighted by atomic mass is 35.5. The second-order valence-electron chi connectivity index (χ2n) is 6.64. The van der Waals surface area contributed by atoms with Gasteiger partial charge in [-0.05, 0) is 25.1 Å². The Kier molecular flexibility index (Phi) is 4.72. The van der Waals surface area contributed by atoms with Gasteiger partial charge in [-0.25, -0.2) is 4.79 Å². The predicted molar refractivity (Wildman–Crippen MR) is 110 cm³/mol. The summed E-state index contributed by atoms with van der Waals surface area (Å²) in [6.07, 6.45) is 0. The van der Waals surface area contributed by atoms with Crippen LogP contribution in [0.15, 0.2) is 65.6 Å². The minimum Gasteiger partial charge on any atom is -0.462 e. The van der Waals surface area contributed by atoms with Crippen molar-refractivity contribution >= 4 is 34.9 Å². The van der Waals surface area contributed by atoms with Gasteiger partial charge in [0, 0.05) is 21.8 Å². The number of anilines is 1. The number of rotatable bonds is 3. The van der Waals surface area contributed by atoms with E-state index in [9.17, 15) is 14.9 Å². The Morgan fingerprint density at radius 3 is 2.70 bits per heavy atom. The molecule has 0 bridgehead atoms. The highest BCUT2D eigenvalue weighted by Gasteiger charge is 2.60. The van der Waals surface area contributed by atoms with E-state index < -0.39 is 17.3 Å². The van der Waals surface area contributed by atoms with Gasteiger partial charge in [-0.15, -0.1) is 0 Å². The number of nitriles is 1. The molecule has 2 aliphatic rings. The normalized spacial score (nSPS) is 19.8. The maximum Gasteiger partial charge on any atom is 0.339 e. The Hall–Kier alpha value is -3.76. The monoisotopic (exact) mass is 421 g/mol. The fraction of sp³-hybridized carbons (Fsp3) is 0.136. The zero-order chi connectivity index (χ0) is 21.5. The molecule has 2 aromatic rings. The second kappa shape index (κ2) is 7.25. The lowest BCUT2D eigenvalue weighted by atomic mass is 9.67. The third-order valence-electron chi connectivity index (χ3n) is 5.04. The van der Waals surface area contributed by atoms with Crippen LogP contribution in [0, 0.1) is 11.3 Å². The number of esters is 1. The lowest BCUT2D eigenvalue weighted by Gasteiger charge is -2.34. The minimum absolute atomic E-state index is 0.0496. The molecule has 0 radical (unpaired) electrons. The summed E-state index contributed by atoms with van der Waals surface area (Å²) in [5.41, 5.74) is 5.17. The van der Waals surface area contributed by atoms with Crippen molar-refractivity contribution in [1.29, 1.82) is 5.26 Å². The third-order valence-corrected chi connectivity index (χ3v) is 5.27. The van der Waals surface area contributed by atoms with Crippen LogP contribution in [-0.2, 0) is 24.5 Å². The number of benzene rings is 2. The minimum atomic E-state index is -1.85. The summed E-state index contributed by atoms with van der Waals surface area (Å²) >= 11 is 6.21. The molecule has 0 unspecified atom stereocenters. The predicted octanol–water partition coefficient (Wildman–Crippen LogP) is 3.23. The Balaban J connectivity index is 2.15. The molecule has 2 heterocycles. The van der Waals surface area contributed by atoms with Crippen molar-refractivity contribution in [2.24, 2.45) is 5.73 Å². The van der Waals surface area contributed by atoms with Gasteiger partial charge in [-0.3, -0.25) is 4.79 Å². The molecular weight excluding hydrogens is 406 g/mol. The zero-order valence-corrected chi connectivity index (χ0v) is 16.6. The number of carbonyl (C=O) groups excluding carboxylic acids is 2. The Labute approximate surface area is 177 Å². The number of halogens is 1. The van der Waals surface area contributed by atoms with E-state index >= 15 is 0 Å². The molecule has 0 saturated heterocycles. The van der Waals surface area contributed by atoms with Gasteiger partial charge in [0.05, 0.1) is 6.61 Å². The molecule has 0 saturated carbocycles. The van der Waals surface area contributed by atoms with Crippen molar-refractivity contribution in [1.82, 2.24) is 0 Å². The van der Waals surface area contributed by atoms with Crippen LogP contribution in [0.2, 0.25) is 5.02 Å². The van der Waals surface area contributed by atoms with Crippen molar-refractivity contribution in [2.75, 3.05) is 11.9 Å². The zero-order valence-electron chi connectivity index (χ0n) is 15.9. The first-order valence-electron chi connectivity index (χ1n) is 9.12. The molecule has 30 heavy (non-hydrogen) atoms. The average Bonchev–Trinajstić information content (AvgIpc) is 3.00. The molecule has 150 valence electrons. The molecule has 0 aliphatic carbocycles. The smallest absolute Gasteiger partial charge is 0.339 e. The number of nitrogens with two attached hydrogens (primary N) is 1. The van der Waals surface area contributed by atoms with Crippen molar-refractivity contribution in [3.8, 4) is 6.07 Å². The number of carbonyl (C=O) groups is 2. The van der Waals surface area contributed by atoms with E-state index in [1.54, 1.807) is 49.4 Å². The van der Waals surface area contributed by atoms with Gasteiger partial charge in [0.15, 0.2) is 5.41 Å². The Morgan fingerprint density at radius 1 is 1.30 bits per heavy atom. The van der Waals surface area contributed by atoms with E-state index in [1.165, 1.54) is 6.07 Å². The van der Waals surface area contributed by atoms with E-state index in [2.05, 4.69) is 5.32 Å². The molecule has 7 nitrogen and oxygen atoms in total. The van der Waals surface area contributed by atoms with E-state index in [0.29, 0.717) is 21.8 Å². The Morgan fingerprint density at radius 2 is 2.03 bits per heavy atom. The summed E-state index contributed by atoms with van der Waals surface area (Å²) in [6.45, 7) is 1.71.